The first-order valence-corrected chi connectivity index (χ1v) is 6.06. The van der Waals surface area contributed by atoms with Crippen LogP contribution < -0.4 is 10.6 Å². The van der Waals surface area contributed by atoms with Gasteiger partial charge in [0.1, 0.15) is 5.69 Å². The molecule has 4 heteroatoms. The molecule has 0 fully saturated rings. The summed E-state index contributed by atoms with van der Waals surface area (Å²) in [6.07, 6.45) is 2.69. The number of pyridine rings is 1. The van der Waals surface area contributed by atoms with E-state index in [2.05, 4.69) is 29.5 Å². The summed E-state index contributed by atoms with van der Waals surface area (Å²) < 4.78 is 0. The molecule has 1 amide bonds. The van der Waals surface area contributed by atoms with Crippen molar-refractivity contribution in [2.24, 2.45) is 0 Å². The van der Waals surface area contributed by atoms with Gasteiger partial charge in [-0.2, -0.15) is 0 Å². The Bertz CT molecular complexity index is 377. The molecule has 2 N–H and O–H groups in total. The van der Waals surface area contributed by atoms with Gasteiger partial charge in [-0.3, -0.25) is 9.78 Å². The smallest absolute Gasteiger partial charge is 0.270 e. The largest absolute Gasteiger partial charge is 0.382 e. The average Bonchev–Trinajstić information content (AvgIpc) is 2.28. The summed E-state index contributed by atoms with van der Waals surface area (Å²) in [6, 6.07) is 4.16. The van der Waals surface area contributed by atoms with Gasteiger partial charge in [0, 0.05) is 24.0 Å². The zero-order valence-electron chi connectivity index (χ0n) is 10.9. The zero-order valence-corrected chi connectivity index (χ0v) is 10.9. The number of aromatic nitrogens is 1. The van der Waals surface area contributed by atoms with E-state index >= 15 is 0 Å². The molecular weight excluding hydrogens is 214 g/mol. The zero-order chi connectivity index (χ0) is 12.8. The highest BCUT2D eigenvalue weighted by Crippen LogP contribution is 2.10. The predicted octanol–water partition coefficient (Wildman–Crippen LogP) is 2.43. The Hall–Kier alpha value is -1.58. The second kappa shape index (κ2) is 6.23. The van der Waals surface area contributed by atoms with Crippen LogP contribution in [0.15, 0.2) is 18.3 Å². The number of hydrogen-bond acceptors (Lipinski definition) is 3. The maximum Gasteiger partial charge on any atom is 0.270 e. The molecule has 1 heterocycles. The molecule has 1 aromatic rings. The monoisotopic (exact) mass is 235 g/mol. The second-order valence-corrected chi connectivity index (χ2v) is 4.51. The first-order valence-electron chi connectivity index (χ1n) is 6.06. The van der Waals surface area contributed by atoms with Crippen LogP contribution >= 0.6 is 0 Å². The lowest BCUT2D eigenvalue weighted by molar-refractivity contribution is 0.0938. The summed E-state index contributed by atoms with van der Waals surface area (Å²) in [7, 11) is 0. The van der Waals surface area contributed by atoms with E-state index in [1.54, 1.807) is 12.3 Å². The van der Waals surface area contributed by atoms with Crippen molar-refractivity contribution in [3.63, 3.8) is 0 Å². The Kier molecular flexibility index (Phi) is 4.94. The highest BCUT2D eigenvalue weighted by molar-refractivity contribution is 5.93. The normalized spacial score (nSPS) is 12.3. The molecule has 94 valence electrons. The Morgan fingerprint density at radius 1 is 1.41 bits per heavy atom. The Morgan fingerprint density at radius 2 is 2.12 bits per heavy atom. The number of rotatable bonds is 5. The lowest BCUT2D eigenvalue weighted by Gasteiger charge is -2.14. The van der Waals surface area contributed by atoms with Gasteiger partial charge in [0.2, 0.25) is 0 Å². The fraction of sp³-hybridized carbons (Fsp3) is 0.538. The topological polar surface area (TPSA) is 54.0 Å². The van der Waals surface area contributed by atoms with Crippen LogP contribution in [0.5, 0.6) is 0 Å². The standard InChI is InChI=1S/C13H21N3O/c1-5-10(4)16-11-6-7-14-12(8-11)13(17)15-9(2)3/h6-10H,5H2,1-4H3,(H,14,16)(H,15,17). The number of anilines is 1. The van der Waals surface area contributed by atoms with Gasteiger partial charge in [-0.1, -0.05) is 6.92 Å². The summed E-state index contributed by atoms with van der Waals surface area (Å²) in [4.78, 5) is 15.8. The van der Waals surface area contributed by atoms with Gasteiger partial charge in [0.15, 0.2) is 0 Å². The van der Waals surface area contributed by atoms with Crippen LogP contribution in [0.3, 0.4) is 0 Å². The molecule has 0 saturated heterocycles. The van der Waals surface area contributed by atoms with Gasteiger partial charge < -0.3 is 10.6 Å². The second-order valence-electron chi connectivity index (χ2n) is 4.51. The molecule has 1 rings (SSSR count). The van der Waals surface area contributed by atoms with E-state index in [9.17, 15) is 4.79 Å². The van der Waals surface area contributed by atoms with E-state index in [4.69, 9.17) is 0 Å². The molecule has 17 heavy (non-hydrogen) atoms. The number of amides is 1. The summed E-state index contributed by atoms with van der Waals surface area (Å²) in [5.41, 5.74) is 1.38. The van der Waals surface area contributed by atoms with Crippen molar-refractivity contribution in [2.45, 2.75) is 46.2 Å². The van der Waals surface area contributed by atoms with Gasteiger partial charge >= 0.3 is 0 Å². The lowest BCUT2D eigenvalue weighted by Crippen LogP contribution is -2.30. The fourth-order valence-electron chi connectivity index (χ4n) is 1.37. The Balaban J connectivity index is 2.75. The van der Waals surface area contributed by atoms with Gasteiger partial charge in [-0.05, 0) is 39.3 Å². The molecule has 1 unspecified atom stereocenters. The minimum absolute atomic E-state index is 0.121. The van der Waals surface area contributed by atoms with Crippen LogP contribution in [0, 0.1) is 0 Å². The molecule has 0 saturated carbocycles. The van der Waals surface area contributed by atoms with Gasteiger partial charge in [0.25, 0.3) is 5.91 Å². The minimum Gasteiger partial charge on any atom is -0.382 e. The van der Waals surface area contributed by atoms with Crippen molar-refractivity contribution in [1.82, 2.24) is 10.3 Å². The van der Waals surface area contributed by atoms with Gasteiger partial charge in [-0.15, -0.1) is 0 Å². The maximum absolute atomic E-state index is 11.8. The first kappa shape index (κ1) is 13.5. The highest BCUT2D eigenvalue weighted by Gasteiger charge is 2.09. The third-order valence-corrected chi connectivity index (χ3v) is 2.44. The van der Waals surface area contributed by atoms with Crippen LogP contribution in [-0.4, -0.2) is 23.0 Å². The summed E-state index contributed by atoms with van der Waals surface area (Å²) in [6.45, 7) is 8.08. The van der Waals surface area contributed by atoms with Crippen LogP contribution in [0.2, 0.25) is 0 Å². The molecule has 0 spiro atoms. The van der Waals surface area contributed by atoms with E-state index in [1.807, 2.05) is 19.9 Å². The quantitative estimate of drug-likeness (QED) is 0.824. The molecule has 0 aliphatic carbocycles. The molecule has 0 radical (unpaired) electrons. The minimum atomic E-state index is -0.132. The number of carbonyl (C=O) groups excluding carboxylic acids is 1. The van der Waals surface area contributed by atoms with Crippen molar-refractivity contribution in [3.05, 3.63) is 24.0 Å². The van der Waals surface area contributed by atoms with Crippen molar-refractivity contribution in [3.8, 4) is 0 Å². The third kappa shape index (κ3) is 4.43. The number of nitrogens with zero attached hydrogens (tertiary/aromatic N) is 1. The summed E-state index contributed by atoms with van der Waals surface area (Å²) in [5, 5.41) is 6.14. The number of hydrogen-bond donors (Lipinski definition) is 2. The number of nitrogens with one attached hydrogen (secondary N) is 2. The average molecular weight is 235 g/mol. The predicted molar refractivity (Wildman–Crippen MR) is 70.2 cm³/mol. The van der Waals surface area contributed by atoms with Crippen molar-refractivity contribution >= 4 is 11.6 Å². The van der Waals surface area contributed by atoms with Gasteiger partial charge in [-0.25, -0.2) is 0 Å². The van der Waals surface area contributed by atoms with Crippen LogP contribution in [0.25, 0.3) is 0 Å². The molecule has 0 aliphatic heterocycles. The first-order chi connectivity index (χ1) is 8.02. The van der Waals surface area contributed by atoms with Gasteiger partial charge in [0.05, 0.1) is 0 Å². The van der Waals surface area contributed by atoms with E-state index in [0.717, 1.165) is 12.1 Å². The van der Waals surface area contributed by atoms with Crippen molar-refractivity contribution in [1.29, 1.82) is 0 Å². The van der Waals surface area contributed by atoms with Crippen molar-refractivity contribution < 1.29 is 4.79 Å². The molecule has 1 aromatic heterocycles. The van der Waals surface area contributed by atoms with Crippen LogP contribution in [-0.2, 0) is 0 Å². The Morgan fingerprint density at radius 3 is 2.71 bits per heavy atom. The summed E-state index contributed by atoms with van der Waals surface area (Å²) >= 11 is 0. The fourth-order valence-corrected chi connectivity index (χ4v) is 1.37. The SMILES string of the molecule is CCC(C)Nc1ccnc(C(=O)NC(C)C)c1. The van der Waals surface area contributed by atoms with Crippen LogP contribution in [0.4, 0.5) is 5.69 Å². The molecule has 0 bridgehead atoms. The molecule has 1 atom stereocenters. The van der Waals surface area contributed by atoms with E-state index < -0.39 is 0 Å². The Labute approximate surface area is 103 Å². The number of carbonyl (C=O) groups is 1. The van der Waals surface area contributed by atoms with E-state index in [-0.39, 0.29) is 11.9 Å². The summed E-state index contributed by atoms with van der Waals surface area (Å²) in [5.74, 6) is -0.132. The molecule has 0 aromatic carbocycles. The molecular formula is C13H21N3O. The van der Waals surface area contributed by atoms with E-state index in [0.29, 0.717) is 11.7 Å². The lowest BCUT2D eigenvalue weighted by atomic mass is 10.2. The highest BCUT2D eigenvalue weighted by atomic mass is 16.1. The van der Waals surface area contributed by atoms with E-state index in [1.165, 1.54) is 0 Å². The molecule has 4 nitrogen and oxygen atoms in total. The third-order valence-electron chi connectivity index (χ3n) is 2.44. The van der Waals surface area contributed by atoms with Crippen LogP contribution in [0.1, 0.15) is 44.6 Å². The maximum atomic E-state index is 11.8. The molecule has 0 aliphatic rings. The van der Waals surface area contributed by atoms with Crippen molar-refractivity contribution in [2.75, 3.05) is 5.32 Å².